The Balaban J connectivity index is 1.44. The Labute approximate surface area is 160 Å². The highest BCUT2D eigenvalue weighted by Crippen LogP contribution is 2.25. The molecule has 0 bridgehead atoms. The van der Waals surface area contributed by atoms with Gasteiger partial charge in [-0.05, 0) is 36.4 Å². The number of hydrogen-bond acceptors (Lipinski definition) is 5. The van der Waals surface area contributed by atoms with Gasteiger partial charge in [0.1, 0.15) is 17.4 Å². The first-order valence-electron chi connectivity index (χ1n) is 8.74. The van der Waals surface area contributed by atoms with Crippen molar-refractivity contribution in [2.24, 2.45) is 0 Å². The summed E-state index contributed by atoms with van der Waals surface area (Å²) in [6.07, 6.45) is 1.51. The number of rotatable bonds is 4. The summed E-state index contributed by atoms with van der Waals surface area (Å²) in [5.41, 5.74) is 0.775. The Morgan fingerprint density at radius 3 is 2.79 bits per heavy atom. The lowest BCUT2D eigenvalue weighted by atomic mass is 10.1. The SMILES string of the molecule is O=C1CN(c2ccc(NC(=O)c3ccc(-c4ccccc4F)o3)cn2)CCN1. The minimum atomic E-state index is -0.463. The minimum Gasteiger partial charge on any atom is -0.451 e. The van der Waals surface area contributed by atoms with Gasteiger partial charge in [-0.25, -0.2) is 9.37 Å². The Morgan fingerprint density at radius 1 is 1.18 bits per heavy atom. The number of benzene rings is 1. The van der Waals surface area contributed by atoms with Crippen LogP contribution in [0.1, 0.15) is 10.6 Å². The van der Waals surface area contributed by atoms with E-state index >= 15 is 0 Å². The zero-order chi connectivity index (χ0) is 19.5. The maximum Gasteiger partial charge on any atom is 0.291 e. The van der Waals surface area contributed by atoms with Crippen molar-refractivity contribution in [1.82, 2.24) is 10.3 Å². The third-order valence-corrected chi connectivity index (χ3v) is 4.34. The molecule has 0 saturated carbocycles. The van der Waals surface area contributed by atoms with Crippen molar-refractivity contribution in [3.63, 3.8) is 0 Å². The van der Waals surface area contributed by atoms with E-state index in [9.17, 15) is 14.0 Å². The first-order valence-corrected chi connectivity index (χ1v) is 8.74. The first kappa shape index (κ1) is 17.7. The molecule has 1 aromatic carbocycles. The molecule has 0 atom stereocenters. The van der Waals surface area contributed by atoms with Crippen molar-refractivity contribution in [2.75, 3.05) is 29.9 Å². The molecule has 7 nitrogen and oxygen atoms in total. The Kier molecular flexibility index (Phi) is 4.76. The molecule has 2 aromatic heterocycles. The number of carbonyl (C=O) groups is 2. The van der Waals surface area contributed by atoms with Crippen LogP contribution in [0.4, 0.5) is 15.9 Å². The highest BCUT2D eigenvalue weighted by Gasteiger charge is 2.18. The lowest BCUT2D eigenvalue weighted by Gasteiger charge is -2.27. The summed E-state index contributed by atoms with van der Waals surface area (Å²) in [4.78, 5) is 30.0. The van der Waals surface area contributed by atoms with Gasteiger partial charge in [-0.15, -0.1) is 0 Å². The van der Waals surface area contributed by atoms with Crippen molar-refractivity contribution < 1.29 is 18.4 Å². The summed E-state index contributed by atoms with van der Waals surface area (Å²) >= 11 is 0. The maximum atomic E-state index is 13.9. The van der Waals surface area contributed by atoms with Gasteiger partial charge in [-0.1, -0.05) is 12.1 Å². The number of aromatic nitrogens is 1. The number of anilines is 2. The third kappa shape index (κ3) is 3.71. The fourth-order valence-corrected chi connectivity index (χ4v) is 2.94. The van der Waals surface area contributed by atoms with Crippen molar-refractivity contribution in [3.05, 3.63) is 66.3 Å². The van der Waals surface area contributed by atoms with Crippen LogP contribution in [0.2, 0.25) is 0 Å². The molecule has 1 fully saturated rings. The van der Waals surface area contributed by atoms with Crippen LogP contribution in [0.25, 0.3) is 11.3 Å². The number of amides is 2. The van der Waals surface area contributed by atoms with E-state index in [2.05, 4.69) is 15.6 Å². The fraction of sp³-hybridized carbons (Fsp3) is 0.150. The van der Waals surface area contributed by atoms with Crippen LogP contribution in [0.3, 0.4) is 0 Å². The van der Waals surface area contributed by atoms with E-state index in [4.69, 9.17) is 4.42 Å². The zero-order valence-electron chi connectivity index (χ0n) is 14.8. The van der Waals surface area contributed by atoms with Crippen molar-refractivity contribution >= 4 is 23.3 Å². The number of piperazine rings is 1. The summed E-state index contributed by atoms with van der Waals surface area (Å²) in [6.45, 7) is 1.50. The van der Waals surface area contributed by atoms with Gasteiger partial charge in [-0.3, -0.25) is 9.59 Å². The van der Waals surface area contributed by atoms with Crippen molar-refractivity contribution in [1.29, 1.82) is 0 Å². The molecule has 1 saturated heterocycles. The molecule has 2 N–H and O–H groups in total. The smallest absolute Gasteiger partial charge is 0.291 e. The normalized spacial score (nSPS) is 13.9. The average Bonchev–Trinajstić information content (AvgIpc) is 3.19. The van der Waals surface area contributed by atoms with Crippen LogP contribution in [0, 0.1) is 5.82 Å². The van der Waals surface area contributed by atoms with Gasteiger partial charge in [0, 0.05) is 13.1 Å². The lowest BCUT2D eigenvalue weighted by Crippen LogP contribution is -2.48. The molecule has 2 amide bonds. The summed E-state index contributed by atoms with van der Waals surface area (Å²) in [6, 6.07) is 12.7. The number of furan rings is 1. The van der Waals surface area contributed by atoms with Gasteiger partial charge in [0.05, 0.1) is 24.0 Å². The van der Waals surface area contributed by atoms with Crippen LogP contribution < -0.4 is 15.5 Å². The Morgan fingerprint density at radius 2 is 2.04 bits per heavy atom. The lowest BCUT2D eigenvalue weighted by molar-refractivity contribution is -0.120. The Bertz CT molecular complexity index is 1020. The second kappa shape index (κ2) is 7.51. The van der Waals surface area contributed by atoms with Gasteiger partial charge < -0.3 is 20.0 Å². The number of hydrogen-bond donors (Lipinski definition) is 2. The average molecular weight is 380 g/mol. The molecular weight excluding hydrogens is 363 g/mol. The molecule has 4 rings (SSSR count). The largest absolute Gasteiger partial charge is 0.451 e. The van der Waals surface area contributed by atoms with E-state index in [1.807, 2.05) is 4.90 Å². The topological polar surface area (TPSA) is 87.5 Å². The molecule has 28 heavy (non-hydrogen) atoms. The van der Waals surface area contributed by atoms with E-state index < -0.39 is 11.7 Å². The Hall–Kier alpha value is -3.68. The van der Waals surface area contributed by atoms with Gasteiger partial charge in [0.15, 0.2) is 5.76 Å². The number of nitrogens with one attached hydrogen (secondary N) is 2. The van der Waals surface area contributed by atoms with Crippen molar-refractivity contribution in [3.8, 4) is 11.3 Å². The predicted octanol–water partition coefficient (Wildman–Crippen LogP) is 2.67. The highest BCUT2D eigenvalue weighted by molar-refractivity contribution is 6.02. The molecule has 3 aromatic rings. The molecule has 0 radical (unpaired) electrons. The number of halogens is 1. The monoisotopic (exact) mass is 380 g/mol. The molecule has 3 heterocycles. The van der Waals surface area contributed by atoms with Gasteiger partial charge in [0.2, 0.25) is 5.91 Å². The number of carbonyl (C=O) groups excluding carboxylic acids is 2. The summed E-state index contributed by atoms with van der Waals surface area (Å²) in [7, 11) is 0. The van der Waals surface area contributed by atoms with Gasteiger partial charge in [0.25, 0.3) is 5.91 Å². The fourth-order valence-electron chi connectivity index (χ4n) is 2.94. The van der Waals surface area contributed by atoms with E-state index in [-0.39, 0.29) is 29.5 Å². The van der Waals surface area contributed by atoms with Crippen molar-refractivity contribution in [2.45, 2.75) is 0 Å². The third-order valence-electron chi connectivity index (χ3n) is 4.34. The second-order valence-electron chi connectivity index (χ2n) is 6.27. The molecule has 0 aliphatic carbocycles. The van der Waals surface area contributed by atoms with Crippen LogP contribution >= 0.6 is 0 Å². The first-order chi connectivity index (χ1) is 13.6. The maximum absolute atomic E-state index is 13.9. The molecule has 142 valence electrons. The molecule has 1 aliphatic rings. The quantitative estimate of drug-likeness (QED) is 0.727. The molecule has 0 spiro atoms. The van der Waals surface area contributed by atoms with Crippen LogP contribution in [0.15, 0.2) is 59.1 Å². The summed E-state index contributed by atoms with van der Waals surface area (Å²) in [5.74, 6) is 0.0706. The molecule has 8 heteroatoms. The van der Waals surface area contributed by atoms with Crippen LogP contribution in [-0.4, -0.2) is 36.4 Å². The zero-order valence-corrected chi connectivity index (χ0v) is 14.8. The van der Waals surface area contributed by atoms with Crippen LogP contribution in [0.5, 0.6) is 0 Å². The van der Waals surface area contributed by atoms with Gasteiger partial charge >= 0.3 is 0 Å². The van der Waals surface area contributed by atoms with E-state index in [0.717, 1.165) is 0 Å². The molecular formula is C20H17FN4O3. The van der Waals surface area contributed by atoms with E-state index in [1.54, 1.807) is 36.4 Å². The van der Waals surface area contributed by atoms with E-state index in [0.29, 0.717) is 24.6 Å². The summed E-state index contributed by atoms with van der Waals surface area (Å²) in [5, 5.41) is 5.45. The van der Waals surface area contributed by atoms with Crippen LogP contribution in [-0.2, 0) is 4.79 Å². The molecule has 1 aliphatic heterocycles. The highest BCUT2D eigenvalue weighted by atomic mass is 19.1. The van der Waals surface area contributed by atoms with E-state index in [1.165, 1.54) is 18.3 Å². The second-order valence-corrected chi connectivity index (χ2v) is 6.27. The molecule has 0 unspecified atom stereocenters. The number of pyridine rings is 1. The summed E-state index contributed by atoms with van der Waals surface area (Å²) < 4.78 is 19.3. The predicted molar refractivity (Wildman–Crippen MR) is 102 cm³/mol. The minimum absolute atomic E-state index is 0.0473. The standard InChI is InChI=1S/C20H17FN4O3/c21-15-4-2-1-3-14(15)16-6-7-17(28-16)20(27)24-13-5-8-18(23-11-13)25-10-9-22-19(26)12-25/h1-8,11H,9-10,12H2,(H,22,26)(H,24,27). The van der Waals surface area contributed by atoms with Gasteiger partial charge in [-0.2, -0.15) is 0 Å². The number of nitrogens with zero attached hydrogens (tertiary/aromatic N) is 2.